The fraction of sp³-hybridized carbons (Fsp3) is 0.550. The van der Waals surface area contributed by atoms with Gasteiger partial charge in [0.2, 0.25) is 5.91 Å². The Balaban J connectivity index is 1.27. The lowest BCUT2D eigenvalue weighted by molar-refractivity contribution is -0.151. The monoisotopic (exact) mass is 369 g/mol. The molecule has 1 saturated carbocycles. The van der Waals surface area contributed by atoms with Gasteiger partial charge in [-0.1, -0.05) is 12.1 Å². The number of esters is 1. The van der Waals surface area contributed by atoms with Crippen molar-refractivity contribution < 1.29 is 18.7 Å². The number of anilines is 1. The number of hydrogen-bond acceptors (Lipinski definition) is 6. The molecule has 2 saturated heterocycles. The fourth-order valence-electron chi connectivity index (χ4n) is 4.76. The minimum atomic E-state index is -0.536. The normalized spacial score (nSPS) is 24.7. The average molecular weight is 369 g/mol. The van der Waals surface area contributed by atoms with E-state index in [-0.39, 0.29) is 24.2 Å². The highest BCUT2D eigenvalue weighted by atomic mass is 16.6. The summed E-state index contributed by atoms with van der Waals surface area (Å²) in [5, 5.41) is 0. The standard InChI is InChI=1S/C20H23N3O4/c24-17-13-14(20(27-17)7-3-4-8-20)18(25)22-9-11-23(12-10-22)19-21-15-5-1-2-6-16(15)26-19/h1-2,5-6,14H,3-4,7-13H2. The molecule has 5 rings (SSSR count). The first-order chi connectivity index (χ1) is 13.1. The smallest absolute Gasteiger partial charge is 0.307 e. The van der Waals surface area contributed by atoms with E-state index in [1.165, 1.54) is 0 Å². The molecule has 27 heavy (non-hydrogen) atoms. The molecule has 142 valence electrons. The number of oxazole rings is 1. The van der Waals surface area contributed by atoms with Gasteiger partial charge in [0.15, 0.2) is 5.58 Å². The SMILES string of the molecule is O=C1CC(C(=O)N2CCN(c3nc4ccccc4o3)CC2)C2(CCCC2)O1. The predicted molar refractivity (Wildman–Crippen MR) is 98.2 cm³/mol. The third-order valence-electron chi connectivity index (χ3n) is 6.22. The number of nitrogens with zero attached hydrogens (tertiary/aromatic N) is 3. The van der Waals surface area contributed by atoms with Crippen LogP contribution in [0.5, 0.6) is 0 Å². The molecule has 3 fully saturated rings. The summed E-state index contributed by atoms with van der Waals surface area (Å²) in [6.45, 7) is 2.57. The van der Waals surface area contributed by atoms with E-state index in [9.17, 15) is 9.59 Å². The van der Waals surface area contributed by atoms with Gasteiger partial charge in [0, 0.05) is 26.2 Å². The van der Waals surface area contributed by atoms with Crippen LogP contribution in [0.1, 0.15) is 32.1 Å². The molecule has 7 heteroatoms. The minimum Gasteiger partial charge on any atom is -0.458 e. The van der Waals surface area contributed by atoms with Gasteiger partial charge in [-0.3, -0.25) is 9.59 Å². The second kappa shape index (κ2) is 6.25. The van der Waals surface area contributed by atoms with Gasteiger partial charge in [-0.25, -0.2) is 0 Å². The summed E-state index contributed by atoms with van der Waals surface area (Å²) in [5.41, 5.74) is 1.08. The molecule has 1 aliphatic carbocycles. The van der Waals surface area contributed by atoms with Crippen molar-refractivity contribution in [3.8, 4) is 0 Å². The van der Waals surface area contributed by atoms with E-state index in [1.807, 2.05) is 29.2 Å². The number of para-hydroxylation sites is 2. The van der Waals surface area contributed by atoms with Gasteiger partial charge in [-0.2, -0.15) is 4.98 Å². The molecule has 0 bridgehead atoms. The maximum absolute atomic E-state index is 13.1. The molecular formula is C20H23N3O4. The van der Waals surface area contributed by atoms with Crippen LogP contribution in [0.15, 0.2) is 28.7 Å². The molecule has 1 spiro atoms. The third kappa shape index (κ3) is 2.76. The van der Waals surface area contributed by atoms with Gasteiger partial charge in [0.25, 0.3) is 6.01 Å². The number of hydrogen-bond donors (Lipinski definition) is 0. The van der Waals surface area contributed by atoms with E-state index in [2.05, 4.69) is 9.88 Å². The van der Waals surface area contributed by atoms with Crippen LogP contribution in [-0.2, 0) is 14.3 Å². The Hall–Kier alpha value is -2.57. The quantitative estimate of drug-likeness (QED) is 0.757. The van der Waals surface area contributed by atoms with Crippen molar-refractivity contribution in [3.63, 3.8) is 0 Å². The van der Waals surface area contributed by atoms with E-state index in [1.54, 1.807) is 0 Å². The van der Waals surface area contributed by atoms with Gasteiger partial charge >= 0.3 is 5.97 Å². The Morgan fingerprint density at radius 2 is 1.85 bits per heavy atom. The first-order valence-electron chi connectivity index (χ1n) is 9.76. The van der Waals surface area contributed by atoms with Gasteiger partial charge in [0.05, 0.1) is 12.3 Å². The number of rotatable bonds is 2. The van der Waals surface area contributed by atoms with E-state index >= 15 is 0 Å². The van der Waals surface area contributed by atoms with Crippen molar-refractivity contribution >= 4 is 29.0 Å². The largest absolute Gasteiger partial charge is 0.458 e. The lowest BCUT2D eigenvalue weighted by Gasteiger charge is -2.37. The molecule has 1 amide bonds. The molecule has 1 unspecified atom stereocenters. The zero-order valence-corrected chi connectivity index (χ0v) is 15.2. The van der Waals surface area contributed by atoms with Crippen LogP contribution < -0.4 is 4.90 Å². The van der Waals surface area contributed by atoms with Crippen LogP contribution in [-0.4, -0.2) is 53.5 Å². The summed E-state index contributed by atoms with van der Waals surface area (Å²) >= 11 is 0. The Kier molecular flexibility index (Phi) is 3.84. The van der Waals surface area contributed by atoms with E-state index in [4.69, 9.17) is 9.15 Å². The minimum absolute atomic E-state index is 0.0694. The van der Waals surface area contributed by atoms with Crippen LogP contribution in [0.3, 0.4) is 0 Å². The summed E-state index contributed by atoms with van der Waals surface area (Å²) in [6, 6.07) is 8.31. The van der Waals surface area contributed by atoms with Gasteiger partial charge in [-0.15, -0.1) is 0 Å². The number of amides is 1. The van der Waals surface area contributed by atoms with Crippen molar-refractivity contribution in [2.24, 2.45) is 5.92 Å². The Morgan fingerprint density at radius 3 is 2.59 bits per heavy atom. The van der Waals surface area contributed by atoms with Crippen molar-refractivity contribution in [1.29, 1.82) is 0 Å². The third-order valence-corrected chi connectivity index (χ3v) is 6.22. The number of carbonyl (C=O) groups excluding carboxylic acids is 2. The summed E-state index contributed by atoms with van der Waals surface area (Å²) in [6.07, 6.45) is 3.92. The van der Waals surface area contributed by atoms with Gasteiger partial charge in [0.1, 0.15) is 11.1 Å². The molecule has 2 aliphatic heterocycles. The van der Waals surface area contributed by atoms with Crippen LogP contribution in [0.25, 0.3) is 11.1 Å². The molecule has 0 radical (unpaired) electrons. The van der Waals surface area contributed by atoms with E-state index in [0.29, 0.717) is 32.2 Å². The Morgan fingerprint density at radius 1 is 1.11 bits per heavy atom. The molecule has 3 heterocycles. The first kappa shape index (κ1) is 16.6. The number of aromatic nitrogens is 1. The van der Waals surface area contributed by atoms with Crippen molar-refractivity contribution in [3.05, 3.63) is 24.3 Å². The van der Waals surface area contributed by atoms with E-state index in [0.717, 1.165) is 36.8 Å². The van der Waals surface area contributed by atoms with Crippen molar-refractivity contribution in [2.75, 3.05) is 31.1 Å². The lowest BCUT2D eigenvalue weighted by Crippen LogP contribution is -2.53. The van der Waals surface area contributed by atoms with Crippen LogP contribution in [0, 0.1) is 5.92 Å². The average Bonchev–Trinajstić information content (AvgIpc) is 3.40. The van der Waals surface area contributed by atoms with Crippen LogP contribution >= 0.6 is 0 Å². The maximum atomic E-state index is 13.1. The van der Waals surface area contributed by atoms with Crippen LogP contribution in [0.4, 0.5) is 6.01 Å². The Bertz CT molecular complexity index is 845. The zero-order valence-electron chi connectivity index (χ0n) is 15.2. The summed E-state index contributed by atoms with van der Waals surface area (Å²) in [4.78, 5) is 33.5. The fourth-order valence-corrected chi connectivity index (χ4v) is 4.76. The topological polar surface area (TPSA) is 75.9 Å². The second-order valence-electron chi connectivity index (χ2n) is 7.78. The number of carbonyl (C=O) groups is 2. The summed E-state index contributed by atoms with van der Waals surface area (Å²) in [7, 11) is 0. The number of piperazine rings is 1. The zero-order chi connectivity index (χ0) is 18.4. The highest BCUT2D eigenvalue weighted by Crippen LogP contribution is 2.46. The molecule has 1 aromatic carbocycles. The number of ether oxygens (including phenoxy) is 1. The van der Waals surface area contributed by atoms with Crippen LogP contribution in [0.2, 0.25) is 0 Å². The molecule has 7 nitrogen and oxygen atoms in total. The molecule has 1 aromatic heterocycles. The molecule has 2 aromatic rings. The van der Waals surface area contributed by atoms with Gasteiger partial charge in [-0.05, 0) is 37.8 Å². The maximum Gasteiger partial charge on any atom is 0.307 e. The number of fused-ring (bicyclic) bond motifs is 1. The Labute approximate surface area is 157 Å². The van der Waals surface area contributed by atoms with E-state index < -0.39 is 5.60 Å². The lowest BCUT2D eigenvalue weighted by atomic mass is 9.84. The molecular weight excluding hydrogens is 346 g/mol. The first-order valence-corrected chi connectivity index (χ1v) is 9.76. The highest BCUT2D eigenvalue weighted by Gasteiger charge is 2.54. The highest BCUT2D eigenvalue weighted by molar-refractivity contribution is 5.88. The molecule has 1 atom stereocenters. The van der Waals surface area contributed by atoms with Crippen molar-refractivity contribution in [2.45, 2.75) is 37.7 Å². The summed E-state index contributed by atoms with van der Waals surface area (Å²) < 4.78 is 11.5. The number of benzene rings is 1. The van der Waals surface area contributed by atoms with Gasteiger partial charge < -0.3 is 19.0 Å². The van der Waals surface area contributed by atoms with Crippen molar-refractivity contribution in [1.82, 2.24) is 9.88 Å². The summed E-state index contributed by atoms with van der Waals surface area (Å²) in [5.74, 6) is -0.469. The molecule has 0 N–H and O–H groups in total. The molecule has 3 aliphatic rings. The second-order valence-corrected chi connectivity index (χ2v) is 7.78. The predicted octanol–water partition coefficient (Wildman–Crippen LogP) is 2.35.